The van der Waals surface area contributed by atoms with Crippen molar-refractivity contribution in [3.05, 3.63) is 33.2 Å². The fraction of sp³-hybridized carbons (Fsp3) is 0.273. The second-order valence-corrected chi connectivity index (χ2v) is 5.58. The van der Waals surface area contributed by atoms with E-state index in [0.29, 0.717) is 10.9 Å². The molecule has 0 aliphatic rings. The van der Waals surface area contributed by atoms with Crippen molar-refractivity contribution in [2.45, 2.75) is 6.42 Å². The highest BCUT2D eigenvalue weighted by atomic mass is 79.9. The number of rotatable bonds is 4. The van der Waals surface area contributed by atoms with E-state index in [0.717, 1.165) is 11.6 Å². The number of halogens is 3. The molecule has 0 amide bonds. The second-order valence-electron chi connectivity index (χ2n) is 3.60. The molecule has 0 spiro atoms. The molecule has 2 aromatic rings. The Morgan fingerprint density at radius 1 is 1.28 bits per heavy atom. The van der Waals surface area contributed by atoms with Crippen molar-refractivity contribution in [3.8, 4) is 10.6 Å². The highest BCUT2D eigenvalue weighted by molar-refractivity contribution is 9.10. The molecule has 0 radical (unpaired) electrons. The Morgan fingerprint density at radius 2 is 1.94 bits per heavy atom. The lowest BCUT2D eigenvalue weighted by molar-refractivity contribution is 0.587. The van der Waals surface area contributed by atoms with Crippen molar-refractivity contribution in [2.24, 2.45) is 0 Å². The molecule has 0 bridgehead atoms. The molecule has 2 rings (SSSR count). The van der Waals surface area contributed by atoms with E-state index in [1.807, 2.05) is 7.05 Å². The van der Waals surface area contributed by atoms with Gasteiger partial charge in [-0.15, -0.1) is 10.2 Å². The van der Waals surface area contributed by atoms with Gasteiger partial charge in [0.2, 0.25) is 0 Å². The molecule has 1 heterocycles. The average molecular weight is 334 g/mol. The summed E-state index contributed by atoms with van der Waals surface area (Å²) in [5.41, 5.74) is -0.119. The summed E-state index contributed by atoms with van der Waals surface area (Å²) in [6.07, 6.45) is 0.688. The van der Waals surface area contributed by atoms with Gasteiger partial charge in [-0.2, -0.15) is 0 Å². The second kappa shape index (κ2) is 5.81. The lowest BCUT2D eigenvalue weighted by atomic mass is 10.2. The number of hydrogen-bond acceptors (Lipinski definition) is 4. The van der Waals surface area contributed by atoms with Crippen LogP contribution < -0.4 is 5.32 Å². The van der Waals surface area contributed by atoms with Crippen molar-refractivity contribution in [3.63, 3.8) is 0 Å². The van der Waals surface area contributed by atoms with Gasteiger partial charge < -0.3 is 5.32 Å². The minimum Gasteiger partial charge on any atom is -0.319 e. The Labute approximate surface area is 115 Å². The normalized spacial score (nSPS) is 10.9. The van der Waals surface area contributed by atoms with Gasteiger partial charge in [-0.1, -0.05) is 27.3 Å². The molecule has 0 aliphatic heterocycles. The fourth-order valence-corrected chi connectivity index (χ4v) is 2.72. The van der Waals surface area contributed by atoms with Crippen LogP contribution in [-0.4, -0.2) is 23.8 Å². The van der Waals surface area contributed by atoms with Gasteiger partial charge in [0.1, 0.15) is 16.6 Å². The van der Waals surface area contributed by atoms with Crippen LogP contribution in [0.3, 0.4) is 0 Å². The lowest BCUT2D eigenvalue weighted by Crippen LogP contribution is -2.09. The smallest absolute Gasteiger partial charge is 0.153 e. The standard InChI is InChI=1S/C11H10BrF2N3S/c1-15-3-2-9-16-17-11(18-9)10-7(13)4-6(12)5-8(10)14/h4-5,15H,2-3H2,1H3. The van der Waals surface area contributed by atoms with Crippen LogP contribution in [0, 0.1) is 11.6 Å². The number of likely N-dealkylation sites (N-methyl/N-ethyl adjacent to an activating group) is 1. The predicted octanol–water partition coefficient (Wildman–Crippen LogP) is 3.01. The molecule has 96 valence electrons. The highest BCUT2D eigenvalue weighted by Crippen LogP contribution is 2.31. The van der Waals surface area contributed by atoms with Crippen molar-refractivity contribution < 1.29 is 8.78 Å². The number of aromatic nitrogens is 2. The van der Waals surface area contributed by atoms with Crippen LogP contribution in [0.1, 0.15) is 5.01 Å². The Bertz CT molecular complexity index is 536. The van der Waals surface area contributed by atoms with Gasteiger partial charge in [-0.05, 0) is 19.2 Å². The number of nitrogens with zero attached hydrogens (tertiary/aromatic N) is 2. The first-order chi connectivity index (χ1) is 8.61. The van der Waals surface area contributed by atoms with Gasteiger partial charge >= 0.3 is 0 Å². The molecule has 0 aliphatic carbocycles. The van der Waals surface area contributed by atoms with Crippen molar-refractivity contribution in [1.82, 2.24) is 15.5 Å². The molecule has 0 fully saturated rings. The van der Waals surface area contributed by atoms with Gasteiger partial charge in [0.15, 0.2) is 5.01 Å². The van der Waals surface area contributed by atoms with Crippen LogP contribution in [0.2, 0.25) is 0 Å². The van der Waals surface area contributed by atoms with Gasteiger partial charge in [0.05, 0.1) is 5.56 Å². The van der Waals surface area contributed by atoms with Crippen molar-refractivity contribution >= 4 is 27.3 Å². The molecule has 0 saturated heterocycles. The lowest BCUT2D eigenvalue weighted by Gasteiger charge is -2.01. The molecular weight excluding hydrogens is 324 g/mol. The first-order valence-electron chi connectivity index (χ1n) is 5.23. The molecule has 1 N–H and O–H groups in total. The minimum absolute atomic E-state index is 0.119. The van der Waals surface area contributed by atoms with Crippen LogP contribution in [0.4, 0.5) is 8.78 Å². The van der Waals surface area contributed by atoms with E-state index in [2.05, 4.69) is 31.4 Å². The summed E-state index contributed by atoms with van der Waals surface area (Å²) in [5.74, 6) is -1.28. The molecule has 1 aromatic heterocycles. The van der Waals surface area contributed by atoms with E-state index in [9.17, 15) is 8.78 Å². The third kappa shape index (κ3) is 2.90. The van der Waals surface area contributed by atoms with E-state index >= 15 is 0 Å². The number of benzene rings is 1. The number of nitrogens with one attached hydrogen (secondary N) is 1. The minimum atomic E-state index is -0.641. The van der Waals surface area contributed by atoms with Crippen LogP contribution in [-0.2, 0) is 6.42 Å². The molecule has 18 heavy (non-hydrogen) atoms. The molecule has 7 heteroatoms. The SMILES string of the molecule is CNCCc1nnc(-c2c(F)cc(Br)cc2F)s1. The summed E-state index contributed by atoms with van der Waals surface area (Å²) >= 11 is 4.24. The zero-order chi connectivity index (χ0) is 13.1. The van der Waals surface area contributed by atoms with E-state index in [4.69, 9.17) is 0 Å². The van der Waals surface area contributed by atoms with E-state index in [-0.39, 0.29) is 10.6 Å². The zero-order valence-electron chi connectivity index (χ0n) is 9.51. The number of hydrogen-bond donors (Lipinski definition) is 1. The summed E-state index contributed by atoms with van der Waals surface area (Å²) < 4.78 is 27.8. The Balaban J connectivity index is 2.34. The van der Waals surface area contributed by atoms with Gasteiger partial charge in [-0.3, -0.25) is 0 Å². The van der Waals surface area contributed by atoms with Crippen LogP contribution in [0.15, 0.2) is 16.6 Å². The Kier molecular flexibility index (Phi) is 4.36. The molecule has 0 saturated carbocycles. The molecule has 0 atom stereocenters. The third-order valence-corrected chi connectivity index (χ3v) is 3.73. The summed E-state index contributed by atoms with van der Waals surface area (Å²) in [6.45, 7) is 0.750. The maximum atomic E-state index is 13.7. The molecule has 3 nitrogen and oxygen atoms in total. The first-order valence-corrected chi connectivity index (χ1v) is 6.84. The largest absolute Gasteiger partial charge is 0.319 e. The van der Waals surface area contributed by atoms with Crippen LogP contribution >= 0.6 is 27.3 Å². The van der Waals surface area contributed by atoms with E-state index < -0.39 is 11.6 Å². The Hall–Kier alpha value is -0.920. The predicted molar refractivity (Wildman–Crippen MR) is 70.6 cm³/mol. The van der Waals surface area contributed by atoms with Crippen LogP contribution in [0.5, 0.6) is 0 Å². The van der Waals surface area contributed by atoms with E-state index in [1.165, 1.54) is 23.5 Å². The van der Waals surface area contributed by atoms with Crippen molar-refractivity contribution in [1.29, 1.82) is 0 Å². The van der Waals surface area contributed by atoms with Gasteiger partial charge in [0, 0.05) is 17.4 Å². The summed E-state index contributed by atoms with van der Waals surface area (Å²) in [4.78, 5) is 0. The zero-order valence-corrected chi connectivity index (χ0v) is 11.9. The fourth-order valence-electron chi connectivity index (χ4n) is 1.43. The maximum Gasteiger partial charge on any atom is 0.153 e. The maximum absolute atomic E-state index is 13.7. The molecule has 0 unspecified atom stereocenters. The molecular formula is C11H10BrF2N3S. The van der Waals surface area contributed by atoms with Gasteiger partial charge in [0.25, 0.3) is 0 Å². The highest BCUT2D eigenvalue weighted by Gasteiger charge is 2.17. The van der Waals surface area contributed by atoms with Crippen LogP contribution in [0.25, 0.3) is 10.6 Å². The summed E-state index contributed by atoms with van der Waals surface area (Å²) in [7, 11) is 1.83. The summed E-state index contributed by atoms with van der Waals surface area (Å²) in [6, 6.07) is 2.43. The van der Waals surface area contributed by atoms with E-state index in [1.54, 1.807) is 0 Å². The monoisotopic (exact) mass is 333 g/mol. The quantitative estimate of drug-likeness (QED) is 0.934. The third-order valence-electron chi connectivity index (χ3n) is 2.28. The van der Waals surface area contributed by atoms with Gasteiger partial charge in [-0.25, -0.2) is 8.78 Å². The Morgan fingerprint density at radius 3 is 2.56 bits per heavy atom. The first kappa shape index (κ1) is 13.5. The molecule has 1 aromatic carbocycles. The van der Waals surface area contributed by atoms with Crippen molar-refractivity contribution in [2.75, 3.05) is 13.6 Å². The topological polar surface area (TPSA) is 37.8 Å². The average Bonchev–Trinajstić information content (AvgIpc) is 2.73. The summed E-state index contributed by atoms with van der Waals surface area (Å²) in [5, 5.41) is 11.8.